The molecule has 1 atom stereocenters. The second kappa shape index (κ2) is 7.48. The quantitative estimate of drug-likeness (QED) is 0.763. The minimum absolute atomic E-state index is 0.00113. The van der Waals surface area contributed by atoms with Gasteiger partial charge in [-0.1, -0.05) is 11.6 Å². The standard InChI is InChI=1S/C13H18ClNO3/c1-15(7-12(16)9-18-2)8-13(17)10-3-5-11(14)6-4-10/h3-6,12,16H,7-9H2,1-2H3. The van der Waals surface area contributed by atoms with Crippen LogP contribution in [-0.2, 0) is 4.74 Å². The van der Waals surface area contributed by atoms with Crippen molar-refractivity contribution in [2.75, 3.05) is 33.9 Å². The van der Waals surface area contributed by atoms with Gasteiger partial charge in [-0.05, 0) is 31.3 Å². The summed E-state index contributed by atoms with van der Waals surface area (Å²) in [5.74, 6) is -0.00113. The van der Waals surface area contributed by atoms with E-state index in [4.69, 9.17) is 16.3 Å². The first kappa shape index (κ1) is 15.1. The van der Waals surface area contributed by atoms with Crippen LogP contribution in [0.1, 0.15) is 10.4 Å². The lowest BCUT2D eigenvalue weighted by atomic mass is 10.1. The van der Waals surface area contributed by atoms with Gasteiger partial charge in [0, 0.05) is 24.2 Å². The van der Waals surface area contributed by atoms with Crippen LogP contribution in [0.3, 0.4) is 0 Å². The van der Waals surface area contributed by atoms with Crippen molar-refractivity contribution >= 4 is 17.4 Å². The molecule has 0 bridgehead atoms. The Morgan fingerprint density at radius 3 is 2.61 bits per heavy atom. The number of carbonyl (C=O) groups is 1. The Bertz CT molecular complexity index is 380. The number of likely N-dealkylation sites (N-methyl/N-ethyl adjacent to an activating group) is 1. The van der Waals surface area contributed by atoms with E-state index in [0.29, 0.717) is 17.1 Å². The third-order valence-corrected chi connectivity index (χ3v) is 2.71. The summed E-state index contributed by atoms with van der Waals surface area (Å²) >= 11 is 5.76. The van der Waals surface area contributed by atoms with E-state index in [1.54, 1.807) is 36.2 Å². The third-order valence-electron chi connectivity index (χ3n) is 2.46. The molecule has 1 unspecified atom stereocenters. The molecule has 0 aliphatic carbocycles. The number of hydrogen-bond acceptors (Lipinski definition) is 4. The number of Topliss-reactive ketones (excluding diaryl/α,β-unsaturated/α-hetero) is 1. The van der Waals surface area contributed by atoms with Crippen molar-refractivity contribution in [1.29, 1.82) is 0 Å². The highest BCUT2D eigenvalue weighted by Crippen LogP contribution is 2.10. The Morgan fingerprint density at radius 1 is 1.44 bits per heavy atom. The number of halogens is 1. The zero-order chi connectivity index (χ0) is 13.5. The van der Waals surface area contributed by atoms with Gasteiger partial charge in [0.25, 0.3) is 0 Å². The van der Waals surface area contributed by atoms with Gasteiger partial charge in [-0.25, -0.2) is 0 Å². The number of ether oxygens (including phenoxy) is 1. The molecule has 5 heteroatoms. The van der Waals surface area contributed by atoms with Crippen LogP contribution in [0.4, 0.5) is 0 Å². The molecule has 0 saturated carbocycles. The highest BCUT2D eigenvalue weighted by atomic mass is 35.5. The number of aliphatic hydroxyl groups excluding tert-OH is 1. The van der Waals surface area contributed by atoms with Gasteiger partial charge < -0.3 is 9.84 Å². The fourth-order valence-electron chi connectivity index (χ4n) is 1.64. The van der Waals surface area contributed by atoms with Crippen LogP contribution in [0, 0.1) is 0 Å². The minimum Gasteiger partial charge on any atom is -0.389 e. The number of methoxy groups -OCH3 is 1. The SMILES string of the molecule is COCC(O)CN(C)CC(=O)c1ccc(Cl)cc1. The number of hydrogen-bond donors (Lipinski definition) is 1. The Balaban J connectivity index is 2.46. The summed E-state index contributed by atoms with van der Waals surface area (Å²) in [6, 6.07) is 6.78. The lowest BCUT2D eigenvalue weighted by Crippen LogP contribution is -2.35. The van der Waals surface area contributed by atoms with Crippen LogP contribution < -0.4 is 0 Å². The van der Waals surface area contributed by atoms with E-state index in [1.807, 2.05) is 0 Å². The van der Waals surface area contributed by atoms with Crippen molar-refractivity contribution in [2.24, 2.45) is 0 Å². The van der Waals surface area contributed by atoms with Crippen molar-refractivity contribution in [3.8, 4) is 0 Å². The van der Waals surface area contributed by atoms with Gasteiger partial charge >= 0.3 is 0 Å². The smallest absolute Gasteiger partial charge is 0.176 e. The van der Waals surface area contributed by atoms with Crippen molar-refractivity contribution in [3.63, 3.8) is 0 Å². The first-order valence-electron chi connectivity index (χ1n) is 5.67. The summed E-state index contributed by atoms with van der Waals surface area (Å²) < 4.78 is 4.83. The van der Waals surface area contributed by atoms with Crippen LogP contribution in [0.5, 0.6) is 0 Å². The Morgan fingerprint density at radius 2 is 2.06 bits per heavy atom. The van der Waals surface area contributed by atoms with E-state index in [0.717, 1.165) is 0 Å². The topological polar surface area (TPSA) is 49.8 Å². The lowest BCUT2D eigenvalue weighted by Gasteiger charge is -2.19. The van der Waals surface area contributed by atoms with Crippen molar-refractivity contribution in [1.82, 2.24) is 4.90 Å². The number of rotatable bonds is 7. The van der Waals surface area contributed by atoms with Gasteiger partial charge in [0.05, 0.1) is 19.3 Å². The fraction of sp³-hybridized carbons (Fsp3) is 0.462. The molecule has 1 N–H and O–H groups in total. The molecule has 0 aromatic heterocycles. The summed E-state index contributed by atoms with van der Waals surface area (Å²) in [5.41, 5.74) is 0.618. The average molecular weight is 272 g/mol. The molecule has 1 aromatic rings. The highest BCUT2D eigenvalue weighted by molar-refractivity contribution is 6.30. The Labute approximate surface area is 112 Å². The molecule has 0 amide bonds. The summed E-state index contributed by atoms with van der Waals surface area (Å²) in [6.45, 7) is 0.912. The predicted molar refractivity (Wildman–Crippen MR) is 71.2 cm³/mol. The maximum Gasteiger partial charge on any atom is 0.176 e. The van der Waals surface area contributed by atoms with E-state index in [2.05, 4.69) is 0 Å². The van der Waals surface area contributed by atoms with E-state index < -0.39 is 6.10 Å². The second-order valence-corrected chi connectivity index (χ2v) is 4.67. The Kier molecular flexibility index (Phi) is 6.29. The van der Waals surface area contributed by atoms with Gasteiger partial charge in [-0.15, -0.1) is 0 Å². The van der Waals surface area contributed by atoms with Crippen molar-refractivity contribution in [2.45, 2.75) is 6.10 Å². The minimum atomic E-state index is -0.585. The summed E-state index contributed by atoms with van der Waals surface area (Å²) in [7, 11) is 3.31. The lowest BCUT2D eigenvalue weighted by molar-refractivity contribution is 0.0427. The molecule has 1 aromatic carbocycles. The summed E-state index contributed by atoms with van der Waals surface area (Å²) in [6.07, 6.45) is -0.585. The molecule has 0 aliphatic rings. The van der Waals surface area contributed by atoms with E-state index in [-0.39, 0.29) is 18.9 Å². The molecule has 0 aliphatic heterocycles. The molecule has 18 heavy (non-hydrogen) atoms. The Hall–Kier alpha value is -0.940. The fourth-order valence-corrected chi connectivity index (χ4v) is 1.77. The van der Waals surface area contributed by atoms with Crippen LogP contribution in [0.25, 0.3) is 0 Å². The first-order valence-corrected chi connectivity index (χ1v) is 6.05. The summed E-state index contributed by atoms with van der Waals surface area (Å²) in [5, 5.41) is 10.2. The van der Waals surface area contributed by atoms with Gasteiger partial charge in [-0.2, -0.15) is 0 Å². The maximum absolute atomic E-state index is 11.9. The molecule has 0 saturated heterocycles. The molecule has 0 spiro atoms. The number of benzene rings is 1. The highest BCUT2D eigenvalue weighted by Gasteiger charge is 2.12. The average Bonchev–Trinajstić information content (AvgIpc) is 2.29. The number of ketones is 1. The molecular formula is C13H18ClNO3. The maximum atomic E-state index is 11.9. The molecule has 100 valence electrons. The molecular weight excluding hydrogens is 254 g/mol. The first-order chi connectivity index (χ1) is 8.52. The molecule has 0 fully saturated rings. The van der Waals surface area contributed by atoms with Gasteiger partial charge in [0.2, 0.25) is 0 Å². The molecule has 1 rings (SSSR count). The zero-order valence-electron chi connectivity index (χ0n) is 10.6. The van der Waals surface area contributed by atoms with Crippen molar-refractivity contribution < 1.29 is 14.6 Å². The van der Waals surface area contributed by atoms with Crippen LogP contribution in [0.2, 0.25) is 5.02 Å². The van der Waals surface area contributed by atoms with E-state index in [9.17, 15) is 9.90 Å². The number of aliphatic hydroxyl groups is 1. The normalized spacial score (nSPS) is 12.7. The third kappa shape index (κ3) is 5.14. The molecule has 4 nitrogen and oxygen atoms in total. The van der Waals surface area contributed by atoms with E-state index >= 15 is 0 Å². The van der Waals surface area contributed by atoms with Crippen LogP contribution in [-0.4, -0.2) is 55.7 Å². The monoisotopic (exact) mass is 271 g/mol. The molecule has 0 heterocycles. The second-order valence-electron chi connectivity index (χ2n) is 4.24. The van der Waals surface area contributed by atoms with Gasteiger partial charge in [0.15, 0.2) is 5.78 Å². The zero-order valence-corrected chi connectivity index (χ0v) is 11.4. The van der Waals surface area contributed by atoms with Gasteiger partial charge in [0.1, 0.15) is 0 Å². The van der Waals surface area contributed by atoms with Crippen molar-refractivity contribution in [3.05, 3.63) is 34.9 Å². The molecule has 0 radical (unpaired) electrons. The number of nitrogens with zero attached hydrogens (tertiary/aromatic N) is 1. The van der Waals surface area contributed by atoms with Gasteiger partial charge in [-0.3, -0.25) is 9.69 Å². The predicted octanol–water partition coefficient (Wildman–Crippen LogP) is 1.46. The largest absolute Gasteiger partial charge is 0.389 e. The van der Waals surface area contributed by atoms with Crippen LogP contribution in [0.15, 0.2) is 24.3 Å². The van der Waals surface area contributed by atoms with E-state index in [1.165, 1.54) is 7.11 Å². The summed E-state index contributed by atoms with van der Waals surface area (Å²) in [4.78, 5) is 13.7. The van der Waals surface area contributed by atoms with Crippen LogP contribution >= 0.6 is 11.6 Å². The number of carbonyl (C=O) groups excluding carboxylic acids is 1.